The Bertz CT molecular complexity index is 1250. The largest absolute Gasteiger partial charge is 0.497 e. The van der Waals surface area contributed by atoms with E-state index in [1.54, 1.807) is 43.4 Å². The third-order valence-electron chi connectivity index (χ3n) is 5.29. The quantitative estimate of drug-likeness (QED) is 0.414. The zero-order valence-electron chi connectivity index (χ0n) is 19.1. The monoisotopic (exact) mass is 458 g/mol. The first-order chi connectivity index (χ1) is 16.5. The Hall–Kier alpha value is -4.33. The van der Waals surface area contributed by atoms with Crippen LogP contribution in [0.5, 0.6) is 5.75 Å². The Morgan fingerprint density at radius 2 is 1.91 bits per heavy atom. The van der Waals surface area contributed by atoms with Gasteiger partial charge in [0.2, 0.25) is 5.91 Å². The van der Waals surface area contributed by atoms with E-state index in [2.05, 4.69) is 5.32 Å². The summed E-state index contributed by atoms with van der Waals surface area (Å²) in [7, 11) is 3.19. The van der Waals surface area contributed by atoms with Crippen LogP contribution in [0.25, 0.3) is 11.3 Å². The number of ether oxygens (including phenoxy) is 1. The number of nitrogens with zero attached hydrogens (tertiary/aromatic N) is 3. The number of nitrogens with one attached hydrogen (secondary N) is 1. The third kappa shape index (κ3) is 5.53. The van der Waals surface area contributed by atoms with Crippen molar-refractivity contribution in [3.63, 3.8) is 0 Å². The topological polar surface area (TPSA) is 89.6 Å². The molecule has 2 amide bonds. The summed E-state index contributed by atoms with van der Waals surface area (Å²) in [5.74, 6) is 0.723. The molecule has 0 atom stereocenters. The van der Waals surface area contributed by atoms with Gasteiger partial charge in [-0.15, -0.1) is 0 Å². The van der Waals surface area contributed by atoms with Crippen LogP contribution in [0.15, 0.2) is 83.6 Å². The fourth-order valence-electron chi connectivity index (χ4n) is 3.56. The molecule has 0 aliphatic rings. The van der Waals surface area contributed by atoms with Gasteiger partial charge in [0.05, 0.1) is 38.6 Å². The number of aromatic nitrogens is 2. The maximum Gasteiger partial charge on any atom is 0.257 e. The van der Waals surface area contributed by atoms with Gasteiger partial charge in [0, 0.05) is 18.8 Å². The third-order valence-corrected chi connectivity index (χ3v) is 5.29. The summed E-state index contributed by atoms with van der Waals surface area (Å²) < 4.78 is 12.3. The maximum absolute atomic E-state index is 13.4. The highest BCUT2D eigenvalue weighted by Crippen LogP contribution is 2.27. The summed E-state index contributed by atoms with van der Waals surface area (Å²) in [6.07, 6.45) is 3.27. The average Bonchev–Trinajstić information content (AvgIpc) is 3.53. The number of hydrogen-bond acceptors (Lipinski definition) is 5. The number of methoxy groups -OCH3 is 1. The first kappa shape index (κ1) is 22.8. The number of likely N-dealkylation sites (N-methyl/N-ethyl adjacent to an activating group) is 1. The highest BCUT2D eigenvalue weighted by molar-refractivity contribution is 6.01. The standard InChI is InChI=1S/C26H26N4O4/c1-29(18-24(31)27-15-22-12-7-13-34-22)26(32)23-17-30(16-19-8-4-3-5-9-19)28-25(23)20-10-6-11-21(14-20)33-2/h3-14,17H,15-16,18H2,1-2H3,(H,27,31). The van der Waals surface area contributed by atoms with Crippen LogP contribution in [0.1, 0.15) is 21.7 Å². The lowest BCUT2D eigenvalue weighted by atomic mass is 10.1. The van der Waals surface area contributed by atoms with Gasteiger partial charge in [0.25, 0.3) is 5.91 Å². The van der Waals surface area contributed by atoms with Crippen LogP contribution in [0.3, 0.4) is 0 Å². The van der Waals surface area contributed by atoms with Crippen LogP contribution < -0.4 is 10.1 Å². The zero-order valence-corrected chi connectivity index (χ0v) is 19.1. The molecule has 174 valence electrons. The van der Waals surface area contributed by atoms with E-state index in [1.165, 1.54) is 4.90 Å². The minimum absolute atomic E-state index is 0.0963. The highest BCUT2D eigenvalue weighted by Gasteiger charge is 2.23. The highest BCUT2D eigenvalue weighted by atomic mass is 16.5. The SMILES string of the molecule is COc1cccc(-c2nn(Cc3ccccc3)cc2C(=O)N(C)CC(=O)NCc2ccco2)c1. The summed E-state index contributed by atoms with van der Waals surface area (Å²) in [6, 6.07) is 20.8. The number of benzene rings is 2. The van der Waals surface area contributed by atoms with Crippen LogP contribution in [0, 0.1) is 0 Å². The number of furan rings is 1. The van der Waals surface area contributed by atoms with Crippen molar-refractivity contribution < 1.29 is 18.7 Å². The lowest BCUT2D eigenvalue weighted by Gasteiger charge is -2.16. The second-order valence-electron chi connectivity index (χ2n) is 7.82. The second-order valence-corrected chi connectivity index (χ2v) is 7.82. The molecule has 2 aromatic carbocycles. The first-order valence-electron chi connectivity index (χ1n) is 10.8. The Kier molecular flexibility index (Phi) is 7.07. The van der Waals surface area contributed by atoms with Gasteiger partial charge < -0.3 is 19.4 Å². The molecule has 2 heterocycles. The molecular weight excluding hydrogens is 432 g/mol. The lowest BCUT2D eigenvalue weighted by Crippen LogP contribution is -2.38. The summed E-state index contributed by atoms with van der Waals surface area (Å²) in [5.41, 5.74) is 2.75. The van der Waals surface area contributed by atoms with E-state index in [0.717, 1.165) is 11.1 Å². The number of carbonyl (C=O) groups excluding carboxylic acids is 2. The van der Waals surface area contributed by atoms with Crippen LogP contribution in [0.4, 0.5) is 0 Å². The fourth-order valence-corrected chi connectivity index (χ4v) is 3.56. The van der Waals surface area contributed by atoms with Crippen LogP contribution >= 0.6 is 0 Å². The number of carbonyl (C=O) groups is 2. The maximum atomic E-state index is 13.4. The number of amides is 2. The molecule has 0 radical (unpaired) electrons. The molecule has 8 heteroatoms. The van der Waals surface area contributed by atoms with Crippen molar-refractivity contribution in [1.82, 2.24) is 20.0 Å². The minimum Gasteiger partial charge on any atom is -0.497 e. The molecule has 0 unspecified atom stereocenters. The van der Waals surface area contributed by atoms with Crippen molar-refractivity contribution >= 4 is 11.8 Å². The first-order valence-corrected chi connectivity index (χ1v) is 10.8. The number of rotatable bonds is 9. The van der Waals surface area contributed by atoms with E-state index in [4.69, 9.17) is 14.3 Å². The van der Waals surface area contributed by atoms with Gasteiger partial charge in [0.15, 0.2) is 0 Å². The van der Waals surface area contributed by atoms with Gasteiger partial charge in [-0.05, 0) is 29.8 Å². The van der Waals surface area contributed by atoms with Crippen molar-refractivity contribution in [3.05, 3.63) is 96.1 Å². The molecular formula is C26H26N4O4. The molecule has 0 saturated carbocycles. The van der Waals surface area contributed by atoms with E-state index < -0.39 is 0 Å². The van der Waals surface area contributed by atoms with Crippen LogP contribution in [-0.2, 0) is 17.9 Å². The summed E-state index contributed by atoms with van der Waals surface area (Å²) in [4.78, 5) is 27.1. The van der Waals surface area contributed by atoms with E-state index in [1.807, 2.05) is 54.6 Å². The molecule has 4 rings (SSSR count). The Morgan fingerprint density at radius 1 is 1.09 bits per heavy atom. The van der Waals surface area contributed by atoms with Crippen molar-refractivity contribution in [1.29, 1.82) is 0 Å². The van der Waals surface area contributed by atoms with E-state index in [-0.39, 0.29) is 24.9 Å². The molecule has 0 bridgehead atoms. The molecule has 8 nitrogen and oxygen atoms in total. The zero-order chi connectivity index (χ0) is 23.9. The summed E-state index contributed by atoms with van der Waals surface area (Å²) in [6.45, 7) is 0.678. The van der Waals surface area contributed by atoms with Crippen molar-refractivity contribution in [3.8, 4) is 17.0 Å². The minimum atomic E-state index is -0.301. The van der Waals surface area contributed by atoms with E-state index >= 15 is 0 Å². The van der Waals surface area contributed by atoms with Gasteiger partial charge in [-0.1, -0.05) is 42.5 Å². The lowest BCUT2D eigenvalue weighted by molar-refractivity contribution is -0.121. The Balaban J connectivity index is 1.56. The van der Waals surface area contributed by atoms with Crippen molar-refractivity contribution in [2.45, 2.75) is 13.1 Å². The van der Waals surface area contributed by atoms with Gasteiger partial charge in [-0.25, -0.2) is 0 Å². The van der Waals surface area contributed by atoms with E-state index in [0.29, 0.717) is 29.3 Å². The normalized spacial score (nSPS) is 10.6. The summed E-state index contributed by atoms with van der Waals surface area (Å²) >= 11 is 0. The molecule has 0 aliphatic carbocycles. The molecule has 2 aromatic heterocycles. The smallest absolute Gasteiger partial charge is 0.257 e. The Labute approximate surface area is 197 Å². The molecule has 4 aromatic rings. The van der Waals surface area contributed by atoms with Gasteiger partial charge in [-0.3, -0.25) is 14.3 Å². The van der Waals surface area contributed by atoms with E-state index in [9.17, 15) is 9.59 Å². The van der Waals surface area contributed by atoms with Gasteiger partial charge in [-0.2, -0.15) is 5.10 Å². The fraction of sp³-hybridized carbons (Fsp3) is 0.192. The van der Waals surface area contributed by atoms with Crippen molar-refractivity contribution in [2.24, 2.45) is 0 Å². The predicted molar refractivity (Wildman–Crippen MR) is 127 cm³/mol. The molecule has 0 fully saturated rings. The molecule has 1 N–H and O–H groups in total. The molecule has 0 saturated heterocycles. The Morgan fingerprint density at radius 3 is 2.65 bits per heavy atom. The molecule has 34 heavy (non-hydrogen) atoms. The summed E-state index contributed by atoms with van der Waals surface area (Å²) in [5, 5.41) is 7.46. The van der Waals surface area contributed by atoms with Gasteiger partial charge in [0.1, 0.15) is 17.2 Å². The van der Waals surface area contributed by atoms with Crippen LogP contribution in [0.2, 0.25) is 0 Å². The predicted octanol–water partition coefficient (Wildman–Crippen LogP) is 3.59. The number of hydrogen-bond donors (Lipinski definition) is 1. The van der Waals surface area contributed by atoms with Crippen molar-refractivity contribution in [2.75, 3.05) is 20.7 Å². The average molecular weight is 459 g/mol. The second kappa shape index (κ2) is 10.5. The van der Waals surface area contributed by atoms with Gasteiger partial charge >= 0.3 is 0 Å². The molecule has 0 spiro atoms. The van der Waals surface area contributed by atoms with Crippen LogP contribution in [-0.4, -0.2) is 47.2 Å². The molecule has 0 aliphatic heterocycles.